The Morgan fingerprint density at radius 3 is 3.00 bits per heavy atom. The van der Waals surface area contributed by atoms with E-state index >= 15 is 0 Å². The summed E-state index contributed by atoms with van der Waals surface area (Å²) < 4.78 is 5.24. The van der Waals surface area contributed by atoms with E-state index in [1.165, 1.54) is 0 Å². The second kappa shape index (κ2) is 3.73. The first-order valence-electron chi connectivity index (χ1n) is 4.67. The molecule has 1 atom stereocenters. The van der Waals surface area contributed by atoms with Crippen LogP contribution < -0.4 is 0 Å². The van der Waals surface area contributed by atoms with Crippen LogP contribution >= 0.6 is 0 Å². The third-order valence-electron chi connectivity index (χ3n) is 2.20. The first-order valence-corrected chi connectivity index (χ1v) is 4.67. The molecule has 1 aromatic rings. The Hall–Kier alpha value is -1.84. The quantitative estimate of drug-likeness (QED) is 0.789. The van der Waals surface area contributed by atoms with Crippen LogP contribution in [0, 0.1) is 6.92 Å². The Morgan fingerprint density at radius 2 is 2.40 bits per heavy atom. The number of aryl methyl sites for hydroxylation is 1. The van der Waals surface area contributed by atoms with E-state index in [0.717, 1.165) is 11.1 Å². The lowest BCUT2D eigenvalue weighted by Crippen LogP contribution is -2.18. The predicted molar refractivity (Wildman–Crippen MR) is 55.1 cm³/mol. The summed E-state index contributed by atoms with van der Waals surface area (Å²) in [4.78, 5) is 14.7. The van der Waals surface area contributed by atoms with E-state index in [1.807, 2.05) is 31.2 Å². The zero-order valence-corrected chi connectivity index (χ0v) is 8.30. The monoisotopic (exact) mass is 205 g/mol. The normalized spacial score (nSPS) is 19.5. The molecule has 1 aromatic carbocycles. The van der Waals surface area contributed by atoms with E-state index < -0.39 is 12.0 Å². The van der Waals surface area contributed by atoms with Crippen molar-refractivity contribution in [3.63, 3.8) is 0 Å². The summed E-state index contributed by atoms with van der Waals surface area (Å²) in [5, 5.41) is 8.75. The number of aliphatic imine (C=N–C) groups is 1. The summed E-state index contributed by atoms with van der Waals surface area (Å²) in [6.07, 6.45) is 0. The number of rotatable bonds is 2. The van der Waals surface area contributed by atoms with Crippen LogP contribution in [-0.2, 0) is 9.53 Å². The second-order valence-corrected chi connectivity index (χ2v) is 3.47. The lowest BCUT2D eigenvalue weighted by Gasteiger charge is -2.01. The van der Waals surface area contributed by atoms with Crippen LogP contribution in [-0.4, -0.2) is 29.6 Å². The molecule has 0 spiro atoms. The third-order valence-corrected chi connectivity index (χ3v) is 2.20. The maximum absolute atomic E-state index is 10.7. The van der Waals surface area contributed by atoms with Crippen LogP contribution in [0.5, 0.6) is 0 Å². The molecule has 4 nitrogen and oxygen atoms in total. The van der Waals surface area contributed by atoms with E-state index in [-0.39, 0.29) is 6.61 Å². The molecule has 2 rings (SSSR count). The molecule has 1 N–H and O–H groups in total. The van der Waals surface area contributed by atoms with E-state index in [0.29, 0.717) is 5.90 Å². The Morgan fingerprint density at radius 1 is 1.60 bits per heavy atom. The van der Waals surface area contributed by atoms with Crippen molar-refractivity contribution in [3.05, 3.63) is 35.4 Å². The van der Waals surface area contributed by atoms with Gasteiger partial charge in [0.05, 0.1) is 0 Å². The van der Waals surface area contributed by atoms with Gasteiger partial charge in [-0.05, 0) is 19.1 Å². The highest BCUT2D eigenvalue weighted by Crippen LogP contribution is 2.13. The third kappa shape index (κ3) is 1.98. The van der Waals surface area contributed by atoms with Crippen LogP contribution in [0.25, 0.3) is 0 Å². The van der Waals surface area contributed by atoms with Crippen molar-refractivity contribution < 1.29 is 14.6 Å². The number of ether oxygens (including phenoxy) is 1. The lowest BCUT2D eigenvalue weighted by molar-refractivity contribution is -0.138. The maximum Gasteiger partial charge on any atom is 0.332 e. The van der Waals surface area contributed by atoms with Crippen molar-refractivity contribution >= 4 is 11.9 Å². The molecule has 0 fully saturated rings. The van der Waals surface area contributed by atoms with Gasteiger partial charge in [-0.15, -0.1) is 0 Å². The van der Waals surface area contributed by atoms with Crippen LogP contribution in [0.2, 0.25) is 0 Å². The summed E-state index contributed by atoms with van der Waals surface area (Å²) in [5.41, 5.74) is 1.93. The topological polar surface area (TPSA) is 58.9 Å². The Balaban J connectivity index is 2.26. The Labute approximate surface area is 87.2 Å². The van der Waals surface area contributed by atoms with E-state index in [4.69, 9.17) is 9.84 Å². The number of carboxylic acid groups (broad SMARTS) is 1. The lowest BCUT2D eigenvalue weighted by atomic mass is 10.1. The highest BCUT2D eigenvalue weighted by Gasteiger charge is 2.25. The molecule has 1 aliphatic heterocycles. The summed E-state index contributed by atoms with van der Waals surface area (Å²) in [6, 6.07) is 6.87. The molecular weight excluding hydrogens is 194 g/mol. The Bertz CT molecular complexity index is 426. The fourth-order valence-electron chi connectivity index (χ4n) is 1.44. The van der Waals surface area contributed by atoms with Crippen LogP contribution in [0.15, 0.2) is 29.3 Å². The zero-order valence-electron chi connectivity index (χ0n) is 8.30. The molecule has 1 heterocycles. The van der Waals surface area contributed by atoms with Crippen molar-refractivity contribution in [2.24, 2.45) is 4.99 Å². The molecule has 0 aromatic heterocycles. The molecule has 0 aliphatic carbocycles. The van der Waals surface area contributed by atoms with Crippen molar-refractivity contribution in [2.45, 2.75) is 13.0 Å². The fraction of sp³-hybridized carbons (Fsp3) is 0.273. The Kier molecular flexibility index (Phi) is 2.41. The van der Waals surface area contributed by atoms with E-state index in [2.05, 4.69) is 4.99 Å². The number of carbonyl (C=O) groups is 1. The van der Waals surface area contributed by atoms with Gasteiger partial charge in [0.15, 0.2) is 6.04 Å². The molecule has 0 radical (unpaired) electrons. The van der Waals surface area contributed by atoms with Gasteiger partial charge in [-0.25, -0.2) is 9.79 Å². The van der Waals surface area contributed by atoms with E-state index in [1.54, 1.807) is 0 Å². The maximum atomic E-state index is 10.7. The number of aliphatic carboxylic acids is 1. The minimum absolute atomic E-state index is 0.124. The average molecular weight is 205 g/mol. The highest BCUT2D eigenvalue weighted by atomic mass is 16.5. The van der Waals surface area contributed by atoms with E-state index in [9.17, 15) is 4.79 Å². The molecular formula is C11H11NO3. The van der Waals surface area contributed by atoms with Crippen molar-refractivity contribution in [1.82, 2.24) is 0 Å². The van der Waals surface area contributed by atoms with Gasteiger partial charge < -0.3 is 9.84 Å². The van der Waals surface area contributed by atoms with Crippen molar-refractivity contribution in [1.29, 1.82) is 0 Å². The smallest absolute Gasteiger partial charge is 0.332 e. The standard InChI is InChI=1S/C11H11NO3/c1-7-3-2-4-8(5-7)10-12-9(6-15-10)11(13)14/h2-5,9H,6H2,1H3,(H,13,14). The number of hydrogen-bond donors (Lipinski definition) is 1. The summed E-state index contributed by atoms with van der Waals surface area (Å²) in [7, 11) is 0. The molecule has 1 aliphatic rings. The number of carboxylic acids is 1. The molecule has 0 amide bonds. The number of benzene rings is 1. The van der Waals surface area contributed by atoms with Gasteiger partial charge in [0.1, 0.15) is 6.61 Å². The second-order valence-electron chi connectivity index (χ2n) is 3.47. The number of nitrogens with zero attached hydrogens (tertiary/aromatic N) is 1. The SMILES string of the molecule is Cc1cccc(C2=NC(C(=O)O)CO2)c1. The molecule has 0 saturated heterocycles. The minimum Gasteiger partial charge on any atom is -0.480 e. The first kappa shape index (κ1) is 9.71. The van der Waals surface area contributed by atoms with Gasteiger partial charge >= 0.3 is 5.97 Å². The average Bonchev–Trinajstić information content (AvgIpc) is 2.66. The largest absolute Gasteiger partial charge is 0.480 e. The summed E-state index contributed by atoms with van der Waals surface area (Å²) >= 11 is 0. The van der Waals surface area contributed by atoms with Gasteiger partial charge in [0.2, 0.25) is 5.90 Å². The minimum atomic E-state index is -0.947. The number of hydrogen-bond acceptors (Lipinski definition) is 3. The van der Waals surface area contributed by atoms with Crippen LogP contribution in [0.1, 0.15) is 11.1 Å². The fourth-order valence-corrected chi connectivity index (χ4v) is 1.44. The van der Waals surface area contributed by atoms with Gasteiger partial charge in [0.25, 0.3) is 0 Å². The van der Waals surface area contributed by atoms with Gasteiger partial charge in [0, 0.05) is 5.56 Å². The molecule has 0 saturated carbocycles. The predicted octanol–water partition coefficient (Wildman–Crippen LogP) is 1.23. The van der Waals surface area contributed by atoms with Gasteiger partial charge in [-0.2, -0.15) is 0 Å². The highest BCUT2D eigenvalue weighted by molar-refractivity contribution is 5.97. The van der Waals surface area contributed by atoms with Gasteiger partial charge in [-0.1, -0.05) is 17.7 Å². The van der Waals surface area contributed by atoms with Crippen LogP contribution in [0.3, 0.4) is 0 Å². The van der Waals surface area contributed by atoms with Gasteiger partial charge in [-0.3, -0.25) is 0 Å². The molecule has 1 unspecified atom stereocenters. The first-order chi connectivity index (χ1) is 7.16. The summed E-state index contributed by atoms with van der Waals surface area (Å²) in [6.45, 7) is 2.09. The van der Waals surface area contributed by atoms with Crippen molar-refractivity contribution in [2.75, 3.05) is 6.61 Å². The zero-order chi connectivity index (χ0) is 10.8. The molecule has 78 valence electrons. The molecule has 0 bridgehead atoms. The molecule has 4 heteroatoms. The molecule has 15 heavy (non-hydrogen) atoms. The summed E-state index contributed by atoms with van der Waals surface area (Å²) in [5.74, 6) is -0.524. The van der Waals surface area contributed by atoms with Crippen molar-refractivity contribution in [3.8, 4) is 0 Å². The van der Waals surface area contributed by atoms with Crippen LogP contribution in [0.4, 0.5) is 0 Å².